The maximum atomic E-state index is 11.6. The quantitative estimate of drug-likeness (QED) is 0.444. The van der Waals surface area contributed by atoms with Gasteiger partial charge in [0, 0.05) is 26.2 Å². The van der Waals surface area contributed by atoms with Gasteiger partial charge in [-0.3, -0.25) is 10.1 Å². The first-order valence-electron chi connectivity index (χ1n) is 6.71. The van der Waals surface area contributed by atoms with E-state index in [9.17, 15) is 14.9 Å². The second-order valence-corrected chi connectivity index (χ2v) is 4.47. The van der Waals surface area contributed by atoms with Crippen LogP contribution in [0, 0.1) is 10.1 Å². The molecule has 1 saturated heterocycles. The van der Waals surface area contributed by atoms with Gasteiger partial charge in [-0.25, -0.2) is 20.6 Å². The van der Waals surface area contributed by atoms with E-state index < -0.39 is 4.92 Å². The number of anilines is 2. The van der Waals surface area contributed by atoms with Crippen LogP contribution in [-0.4, -0.2) is 58.7 Å². The Kier molecular flexibility index (Phi) is 4.88. The fraction of sp³-hybridized carbons (Fsp3) is 0.545. The Hall–Kier alpha value is -2.69. The molecule has 1 aliphatic rings. The molecule has 2 heterocycles. The third kappa shape index (κ3) is 3.14. The molecule has 2 rings (SSSR count). The summed E-state index contributed by atoms with van der Waals surface area (Å²) in [6, 6.07) is 0. The molecule has 0 saturated carbocycles. The molecule has 1 fully saturated rings. The highest BCUT2D eigenvalue weighted by Crippen LogP contribution is 2.31. The third-order valence-corrected chi connectivity index (χ3v) is 3.23. The molecule has 22 heavy (non-hydrogen) atoms. The summed E-state index contributed by atoms with van der Waals surface area (Å²) in [6.45, 7) is 3.64. The fourth-order valence-electron chi connectivity index (χ4n) is 2.19. The summed E-state index contributed by atoms with van der Waals surface area (Å²) in [5, 5.41) is 11.2. The van der Waals surface area contributed by atoms with Gasteiger partial charge in [0.25, 0.3) is 0 Å². The number of nitro groups is 1. The number of nitrogens with one attached hydrogen (secondary N) is 1. The number of nitrogens with zero attached hydrogens (tertiary/aromatic N) is 5. The molecule has 0 bridgehead atoms. The van der Waals surface area contributed by atoms with Gasteiger partial charge in [0.1, 0.15) is 6.33 Å². The average Bonchev–Trinajstić information content (AvgIpc) is 2.54. The molecule has 11 nitrogen and oxygen atoms in total. The Balaban J connectivity index is 2.15. The van der Waals surface area contributed by atoms with Gasteiger partial charge >= 0.3 is 11.8 Å². The lowest BCUT2D eigenvalue weighted by Crippen LogP contribution is -2.49. The smallest absolute Gasteiger partial charge is 0.409 e. The van der Waals surface area contributed by atoms with Gasteiger partial charge in [-0.2, -0.15) is 0 Å². The van der Waals surface area contributed by atoms with Crippen molar-refractivity contribution in [3.63, 3.8) is 0 Å². The minimum atomic E-state index is -0.581. The number of ether oxygens (including phenoxy) is 1. The van der Waals surface area contributed by atoms with Crippen LogP contribution >= 0.6 is 0 Å². The molecule has 1 amide bonds. The summed E-state index contributed by atoms with van der Waals surface area (Å²) in [7, 11) is 0. The van der Waals surface area contributed by atoms with Crippen molar-refractivity contribution in [2.45, 2.75) is 6.92 Å². The Morgan fingerprint density at radius 2 is 2.14 bits per heavy atom. The second kappa shape index (κ2) is 6.85. The molecule has 0 unspecified atom stereocenters. The Morgan fingerprint density at radius 1 is 1.45 bits per heavy atom. The molecule has 1 aromatic rings. The molecule has 120 valence electrons. The molecule has 0 spiro atoms. The van der Waals surface area contributed by atoms with Gasteiger partial charge in [-0.15, -0.1) is 0 Å². The van der Waals surface area contributed by atoms with Crippen LogP contribution in [-0.2, 0) is 4.74 Å². The number of amides is 1. The van der Waals surface area contributed by atoms with Crippen LogP contribution in [0.3, 0.4) is 0 Å². The van der Waals surface area contributed by atoms with Crippen molar-refractivity contribution < 1.29 is 14.5 Å². The maximum absolute atomic E-state index is 11.6. The standard InChI is InChI=1S/C11H17N7O4/c1-2-22-11(19)17-5-3-16(4-6-17)10-8(18(20)21)9(15-12)13-7-14-10/h7H,2-6,12H2,1H3,(H,13,14,15). The van der Waals surface area contributed by atoms with E-state index in [-0.39, 0.29) is 23.4 Å². The van der Waals surface area contributed by atoms with E-state index in [0.29, 0.717) is 32.8 Å². The molecule has 11 heteroatoms. The number of aromatic nitrogens is 2. The molecule has 1 aromatic heterocycles. The van der Waals surface area contributed by atoms with Crippen molar-refractivity contribution in [2.75, 3.05) is 43.1 Å². The van der Waals surface area contributed by atoms with E-state index in [1.165, 1.54) is 6.33 Å². The van der Waals surface area contributed by atoms with E-state index >= 15 is 0 Å². The minimum absolute atomic E-state index is 0.0529. The second-order valence-electron chi connectivity index (χ2n) is 4.47. The number of hydrazine groups is 1. The Labute approximate surface area is 126 Å². The molecule has 3 N–H and O–H groups in total. The predicted octanol–water partition coefficient (Wildman–Crippen LogP) is -0.0511. The number of nitrogen functional groups attached to an aromatic ring is 1. The zero-order valence-electron chi connectivity index (χ0n) is 12.1. The Morgan fingerprint density at radius 3 is 2.68 bits per heavy atom. The number of nitrogens with two attached hydrogens (primary N) is 1. The summed E-state index contributed by atoms with van der Waals surface area (Å²) in [5.41, 5.74) is 1.91. The zero-order chi connectivity index (χ0) is 16.1. The number of carbonyl (C=O) groups excluding carboxylic acids is 1. The lowest BCUT2D eigenvalue weighted by atomic mass is 10.3. The number of piperazine rings is 1. The lowest BCUT2D eigenvalue weighted by molar-refractivity contribution is -0.383. The van der Waals surface area contributed by atoms with Crippen LogP contribution in [0.25, 0.3) is 0 Å². The summed E-state index contributed by atoms with van der Waals surface area (Å²) in [6.07, 6.45) is 0.818. The third-order valence-electron chi connectivity index (χ3n) is 3.23. The van der Waals surface area contributed by atoms with E-state index in [1.54, 1.807) is 16.7 Å². The number of carbonyl (C=O) groups is 1. The summed E-state index contributed by atoms with van der Waals surface area (Å²) < 4.78 is 4.93. The highest BCUT2D eigenvalue weighted by Gasteiger charge is 2.30. The molecule has 0 aliphatic carbocycles. The van der Waals surface area contributed by atoms with Crippen molar-refractivity contribution in [1.82, 2.24) is 14.9 Å². The van der Waals surface area contributed by atoms with Crippen molar-refractivity contribution in [3.05, 3.63) is 16.4 Å². The van der Waals surface area contributed by atoms with Crippen LogP contribution < -0.4 is 16.2 Å². The number of rotatable bonds is 4. The van der Waals surface area contributed by atoms with Crippen molar-refractivity contribution in [1.29, 1.82) is 0 Å². The van der Waals surface area contributed by atoms with E-state index in [0.717, 1.165) is 0 Å². The molecular weight excluding hydrogens is 294 g/mol. The minimum Gasteiger partial charge on any atom is -0.450 e. The number of hydrogen-bond acceptors (Lipinski definition) is 9. The highest BCUT2D eigenvalue weighted by atomic mass is 16.6. The predicted molar refractivity (Wildman–Crippen MR) is 77.3 cm³/mol. The van der Waals surface area contributed by atoms with Gasteiger partial charge in [0.05, 0.1) is 11.5 Å². The maximum Gasteiger partial charge on any atom is 0.409 e. The largest absolute Gasteiger partial charge is 0.450 e. The van der Waals surface area contributed by atoms with E-state index in [2.05, 4.69) is 15.4 Å². The molecular formula is C11H17N7O4. The fourth-order valence-corrected chi connectivity index (χ4v) is 2.19. The summed E-state index contributed by atoms with van der Waals surface area (Å²) in [4.78, 5) is 33.3. The molecule has 0 atom stereocenters. The average molecular weight is 311 g/mol. The van der Waals surface area contributed by atoms with Crippen LogP contribution in [0.2, 0.25) is 0 Å². The first-order chi connectivity index (χ1) is 10.6. The van der Waals surface area contributed by atoms with E-state index in [4.69, 9.17) is 10.6 Å². The highest BCUT2D eigenvalue weighted by molar-refractivity contribution is 5.71. The molecule has 0 radical (unpaired) electrons. The summed E-state index contributed by atoms with van der Waals surface area (Å²) in [5.74, 6) is 5.37. The monoisotopic (exact) mass is 311 g/mol. The van der Waals surface area contributed by atoms with Crippen LogP contribution in [0.1, 0.15) is 6.92 Å². The van der Waals surface area contributed by atoms with Gasteiger partial charge in [-0.05, 0) is 6.92 Å². The lowest BCUT2D eigenvalue weighted by Gasteiger charge is -2.34. The van der Waals surface area contributed by atoms with Crippen LogP contribution in [0.5, 0.6) is 0 Å². The van der Waals surface area contributed by atoms with Gasteiger partial charge in [0.2, 0.25) is 11.6 Å². The van der Waals surface area contributed by atoms with Crippen molar-refractivity contribution in [2.24, 2.45) is 5.84 Å². The van der Waals surface area contributed by atoms with Crippen molar-refractivity contribution >= 4 is 23.4 Å². The Bertz CT molecular complexity index is 559. The van der Waals surface area contributed by atoms with Crippen LogP contribution in [0.15, 0.2) is 6.33 Å². The van der Waals surface area contributed by atoms with Crippen molar-refractivity contribution in [3.8, 4) is 0 Å². The zero-order valence-corrected chi connectivity index (χ0v) is 12.1. The molecule has 1 aliphatic heterocycles. The molecule has 0 aromatic carbocycles. The SMILES string of the molecule is CCOC(=O)N1CCN(c2ncnc(NN)c2[N+](=O)[O-])CC1. The van der Waals surface area contributed by atoms with E-state index in [1.807, 2.05) is 0 Å². The normalized spacial score (nSPS) is 14.6. The topological polar surface area (TPSA) is 140 Å². The van der Waals surface area contributed by atoms with Gasteiger partial charge in [-0.1, -0.05) is 0 Å². The summed E-state index contributed by atoms with van der Waals surface area (Å²) >= 11 is 0. The van der Waals surface area contributed by atoms with Gasteiger partial charge < -0.3 is 20.0 Å². The first-order valence-corrected chi connectivity index (χ1v) is 6.71. The number of hydrogen-bond donors (Lipinski definition) is 2. The van der Waals surface area contributed by atoms with Crippen LogP contribution in [0.4, 0.5) is 22.1 Å². The van der Waals surface area contributed by atoms with Gasteiger partial charge in [0.15, 0.2) is 0 Å². The first kappa shape index (κ1) is 15.7.